The van der Waals surface area contributed by atoms with Crippen molar-refractivity contribution in [2.45, 2.75) is 26.7 Å². The number of aromatic amines is 1. The van der Waals surface area contributed by atoms with E-state index in [0.717, 1.165) is 0 Å². The Morgan fingerprint density at radius 2 is 2.03 bits per heavy atom. The van der Waals surface area contributed by atoms with Crippen LogP contribution in [-0.4, -0.2) is 36.4 Å². The average Bonchev–Trinajstić information content (AvgIpc) is 3.14. The number of aryl methyl sites for hydroxylation is 1. The van der Waals surface area contributed by atoms with Gasteiger partial charge in [-0.25, -0.2) is 4.39 Å². The van der Waals surface area contributed by atoms with Crippen LogP contribution < -0.4 is 10.6 Å². The lowest BCUT2D eigenvalue weighted by atomic mass is 10.0. The summed E-state index contributed by atoms with van der Waals surface area (Å²) in [6.45, 7) is 3.88. The number of fused-ring (bicyclic) bond motifs is 1. The van der Waals surface area contributed by atoms with Crippen LogP contribution in [0.4, 0.5) is 10.1 Å². The van der Waals surface area contributed by atoms with E-state index in [1.165, 1.54) is 25.3 Å². The summed E-state index contributed by atoms with van der Waals surface area (Å²) >= 11 is 0. The van der Waals surface area contributed by atoms with E-state index in [1.807, 2.05) is 0 Å². The highest BCUT2D eigenvalue weighted by Gasteiger charge is 2.26. The molecule has 0 aliphatic carbocycles. The van der Waals surface area contributed by atoms with E-state index in [9.17, 15) is 18.8 Å². The summed E-state index contributed by atoms with van der Waals surface area (Å²) in [5, 5.41) is 5.48. The summed E-state index contributed by atoms with van der Waals surface area (Å²) in [6, 6.07) is 4.11. The number of H-pyrrole nitrogens is 1. The van der Waals surface area contributed by atoms with Gasteiger partial charge in [0.25, 0.3) is 11.8 Å². The van der Waals surface area contributed by atoms with Crippen molar-refractivity contribution in [2.24, 2.45) is 0 Å². The highest BCUT2D eigenvalue weighted by molar-refractivity contribution is 6.34. The van der Waals surface area contributed by atoms with Crippen molar-refractivity contribution in [1.29, 1.82) is 0 Å². The van der Waals surface area contributed by atoms with Crippen molar-refractivity contribution in [1.82, 2.24) is 10.3 Å². The molecule has 152 valence electrons. The molecule has 3 rings (SSSR count). The van der Waals surface area contributed by atoms with Crippen molar-refractivity contribution in [3.05, 3.63) is 52.1 Å². The minimum atomic E-state index is -0.433. The van der Waals surface area contributed by atoms with Gasteiger partial charge in [0.05, 0.1) is 18.2 Å². The molecule has 2 amide bonds. The molecule has 0 saturated carbocycles. The first-order valence-corrected chi connectivity index (χ1v) is 9.19. The van der Waals surface area contributed by atoms with Crippen LogP contribution in [0.2, 0.25) is 0 Å². The topological polar surface area (TPSA) is 100 Å². The number of amides is 2. The van der Waals surface area contributed by atoms with Crippen LogP contribution in [-0.2, 0) is 14.3 Å². The Labute approximate surface area is 167 Å². The highest BCUT2D eigenvalue weighted by atomic mass is 19.1. The molecule has 0 radical (unpaired) electrons. The zero-order chi connectivity index (χ0) is 21.1. The molecule has 2 aromatic rings. The molecule has 7 nitrogen and oxygen atoms in total. The molecule has 1 aromatic carbocycles. The van der Waals surface area contributed by atoms with Crippen molar-refractivity contribution in [3.63, 3.8) is 0 Å². The van der Waals surface area contributed by atoms with E-state index < -0.39 is 5.82 Å². The van der Waals surface area contributed by atoms with Crippen molar-refractivity contribution >= 4 is 35.1 Å². The van der Waals surface area contributed by atoms with Crippen LogP contribution in [0.25, 0.3) is 11.6 Å². The summed E-state index contributed by atoms with van der Waals surface area (Å²) in [7, 11) is 1.32. The minimum Gasteiger partial charge on any atom is -0.469 e. The van der Waals surface area contributed by atoms with Crippen LogP contribution >= 0.6 is 0 Å². The fourth-order valence-electron chi connectivity index (χ4n) is 3.33. The first-order valence-electron chi connectivity index (χ1n) is 9.19. The summed E-state index contributed by atoms with van der Waals surface area (Å²) < 4.78 is 18.2. The standard InChI is InChI=1S/C21H22FN3O4/c1-11-17(10-15-14-9-13(22)6-7-16(14)25-20(15)27)24-12(2)19(11)21(28)23-8-4-5-18(26)29-3/h6-7,9-10,24H,4-5,8H2,1-3H3,(H,23,28)(H,25,27)/b15-10-. The third-order valence-electron chi connectivity index (χ3n) is 4.83. The molecule has 0 atom stereocenters. The Morgan fingerprint density at radius 1 is 1.28 bits per heavy atom. The molecule has 0 spiro atoms. The SMILES string of the molecule is COC(=O)CCCNC(=O)c1c(C)[nH]c(/C=C2\C(=O)Nc3ccc(F)cc32)c1C. The molecular formula is C21H22FN3O4. The van der Waals surface area contributed by atoms with Gasteiger partial charge in [0.1, 0.15) is 5.82 Å². The Kier molecular flexibility index (Phi) is 5.81. The Bertz CT molecular complexity index is 1020. The zero-order valence-corrected chi connectivity index (χ0v) is 16.4. The van der Waals surface area contributed by atoms with Gasteiger partial charge < -0.3 is 20.4 Å². The number of hydrogen-bond donors (Lipinski definition) is 3. The molecule has 1 aromatic heterocycles. The molecule has 1 aliphatic heterocycles. The molecule has 0 fully saturated rings. The third-order valence-corrected chi connectivity index (χ3v) is 4.83. The van der Waals surface area contributed by atoms with Crippen LogP contribution in [0.15, 0.2) is 18.2 Å². The lowest BCUT2D eigenvalue weighted by molar-refractivity contribution is -0.140. The van der Waals surface area contributed by atoms with Crippen molar-refractivity contribution < 1.29 is 23.5 Å². The lowest BCUT2D eigenvalue weighted by Crippen LogP contribution is -2.25. The predicted octanol–water partition coefficient (Wildman–Crippen LogP) is 2.95. The van der Waals surface area contributed by atoms with Crippen LogP contribution in [0.1, 0.15) is 45.7 Å². The number of ether oxygens (including phenoxy) is 1. The van der Waals surface area contributed by atoms with E-state index in [4.69, 9.17) is 0 Å². The average molecular weight is 399 g/mol. The maximum Gasteiger partial charge on any atom is 0.305 e. The monoisotopic (exact) mass is 399 g/mol. The van der Waals surface area contributed by atoms with Gasteiger partial charge in [-0.15, -0.1) is 0 Å². The van der Waals surface area contributed by atoms with Crippen molar-refractivity contribution in [3.8, 4) is 0 Å². The molecule has 0 bridgehead atoms. The third kappa shape index (κ3) is 4.21. The Hall–Kier alpha value is -3.42. The van der Waals surface area contributed by atoms with E-state index in [-0.39, 0.29) is 24.2 Å². The van der Waals surface area contributed by atoms with Crippen LogP contribution in [0.3, 0.4) is 0 Å². The number of carbonyl (C=O) groups excluding carboxylic acids is 3. The second-order valence-corrected chi connectivity index (χ2v) is 6.80. The Balaban J connectivity index is 1.81. The highest BCUT2D eigenvalue weighted by Crippen LogP contribution is 2.34. The predicted molar refractivity (Wildman–Crippen MR) is 107 cm³/mol. The number of nitrogens with one attached hydrogen (secondary N) is 3. The second kappa shape index (κ2) is 8.30. The van der Waals surface area contributed by atoms with Gasteiger partial charge in [-0.1, -0.05) is 0 Å². The summed E-state index contributed by atoms with van der Waals surface area (Å²) in [5.41, 5.74) is 3.77. The normalized spacial score (nSPS) is 13.9. The number of esters is 1. The first-order chi connectivity index (χ1) is 13.8. The van der Waals surface area contributed by atoms with Crippen LogP contribution in [0.5, 0.6) is 0 Å². The number of methoxy groups -OCH3 is 1. The quantitative estimate of drug-likeness (QED) is 0.395. The smallest absolute Gasteiger partial charge is 0.305 e. The molecule has 0 saturated heterocycles. The fourth-order valence-corrected chi connectivity index (χ4v) is 3.33. The maximum atomic E-state index is 13.6. The second-order valence-electron chi connectivity index (χ2n) is 6.80. The fraction of sp³-hybridized carbons (Fsp3) is 0.286. The number of rotatable bonds is 6. The largest absolute Gasteiger partial charge is 0.469 e. The van der Waals surface area contributed by atoms with Gasteiger partial charge in [0, 0.05) is 35.6 Å². The maximum absolute atomic E-state index is 13.6. The summed E-state index contributed by atoms with van der Waals surface area (Å²) in [5.74, 6) is -1.36. The number of hydrogen-bond acceptors (Lipinski definition) is 4. The molecule has 29 heavy (non-hydrogen) atoms. The molecule has 1 aliphatic rings. The lowest BCUT2D eigenvalue weighted by Gasteiger charge is -2.05. The number of carbonyl (C=O) groups is 3. The van der Waals surface area contributed by atoms with Crippen molar-refractivity contribution in [2.75, 3.05) is 19.0 Å². The van der Waals surface area contributed by atoms with E-state index >= 15 is 0 Å². The van der Waals surface area contributed by atoms with E-state index in [1.54, 1.807) is 19.9 Å². The van der Waals surface area contributed by atoms with Crippen LogP contribution in [0, 0.1) is 19.7 Å². The van der Waals surface area contributed by atoms with Gasteiger partial charge in [-0.05, 0) is 50.1 Å². The van der Waals surface area contributed by atoms with E-state index in [2.05, 4.69) is 20.4 Å². The van der Waals surface area contributed by atoms with Gasteiger partial charge in [-0.3, -0.25) is 14.4 Å². The Morgan fingerprint density at radius 3 is 2.76 bits per heavy atom. The number of benzene rings is 1. The van der Waals surface area contributed by atoms with Gasteiger partial charge in [-0.2, -0.15) is 0 Å². The molecule has 3 N–H and O–H groups in total. The molecule has 0 unspecified atom stereocenters. The number of aromatic nitrogens is 1. The molecule has 8 heteroatoms. The van der Waals surface area contributed by atoms with E-state index in [0.29, 0.717) is 52.3 Å². The summed E-state index contributed by atoms with van der Waals surface area (Å²) in [4.78, 5) is 39.1. The van der Waals surface area contributed by atoms with Gasteiger partial charge >= 0.3 is 5.97 Å². The summed E-state index contributed by atoms with van der Waals surface area (Å²) in [6.07, 6.45) is 2.32. The van der Waals surface area contributed by atoms with Gasteiger partial charge in [0.15, 0.2) is 0 Å². The minimum absolute atomic E-state index is 0.226. The number of anilines is 1. The molecular weight excluding hydrogens is 377 g/mol. The van der Waals surface area contributed by atoms with Gasteiger partial charge in [0.2, 0.25) is 0 Å². The zero-order valence-electron chi connectivity index (χ0n) is 16.4. The first kappa shape index (κ1) is 20.3. The number of halogens is 1. The molecule has 2 heterocycles.